The van der Waals surface area contributed by atoms with Gasteiger partial charge in [-0.25, -0.2) is 0 Å². The van der Waals surface area contributed by atoms with Crippen molar-refractivity contribution in [1.82, 2.24) is 10.2 Å². The minimum Gasteiger partial charge on any atom is -0.493 e. The number of carbonyl (C=O) groups is 1. The van der Waals surface area contributed by atoms with Crippen molar-refractivity contribution in [3.8, 4) is 11.5 Å². The second-order valence-electron chi connectivity index (χ2n) is 6.24. The van der Waals surface area contributed by atoms with E-state index in [0.29, 0.717) is 12.1 Å². The number of hydrogen-bond donors (Lipinski definition) is 1. The third-order valence-electron chi connectivity index (χ3n) is 4.63. The molecule has 0 fully saturated rings. The molecule has 1 aliphatic heterocycles. The van der Waals surface area contributed by atoms with Gasteiger partial charge in [-0.15, -0.1) is 0 Å². The Morgan fingerprint density at radius 2 is 1.85 bits per heavy atom. The molecule has 1 amide bonds. The number of carbonyl (C=O) groups excluding carboxylic acids is 1. The van der Waals surface area contributed by atoms with E-state index in [9.17, 15) is 4.79 Å². The lowest BCUT2D eigenvalue weighted by molar-refractivity contribution is 0.0946. The Labute approximate surface area is 162 Å². The highest BCUT2D eigenvalue weighted by atomic mass is 79.9. The maximum Gasteiger partial charge on any atom is 0.252 e. The van der Waals surface area contributed by atoms with Gasteiger partial charge in [0.1, 0.15) is 0 Å². The van der Waals surface area contributed by atoms with Gasteiger partial charge >= 0.3 is 0 Å². The highest BCUT2D eigenvalue weighted by Crippen LogP contribution is 2.33. The molecule has 0 atom stereocenters. The molecule has 5 nitrogen and oxygen atoms in total. The highest BCUT2D eigenvalue weighted by molar-refractivity contribution is 9.10. The summed E-state index contributed by atoms with van der Waals surface area (Å²) in [6.07, 6.45) is 0.966. The van der Waals surface area contributed by atoms with Crippen LogP contribution >= 0.6 is 15.9 Å². The second-order valence-corrected chi connectivity index (χ2v) is 7.09. The van der Waals surface area contributed by atoms with Crippen molar-refractivity contribution in [1.29, 1.82) is 0 Å². The van der Waals surface area contributed by atoms with Crippen LogP contribution < -0.4 is 14.8 Å². The Morgan fingerprint density at radius 1 is 1.15 bits per heavy atom. The lowest BCUT2D eigenvalue weighted by Gasteiger charge is -2.29. The summed E-state index contributed by atoms with van der Waals surface area (Å²) in [6, 6.07) is 11.6. The average Bonchev–Trinajstić information content (AvgIpc) is 2.67. The standard InChI is InChI=1S/C20H23BrN2O3/c1-25-18-11-14-7-9-23(13-15(14)12-19(18)26-2)10-8-22-20(24)16-5-3-4-6-17(16)21/h3-6,11-12H,7-10,13H2,1-2H3,(H,22,24). The number of fused-ring (bicyclic) bond motifs is 1. The quantitative estimate of drug-likeness (QED) is 0.781. The minimum absolute atomic E-state index is 0.0544. The van der Waals surface area contributed by atoms with Gasteiger partial charge in [-0.3, -0.25) is 9.69 Å². The van der Waals surface area contributed by atoms with Crippen LogP contribution in [-0.2, 0) is 13.0 Å². The van der Waals surface area contributed by atoms with Crippen molar-refractivity contribution in [2.75, 3.05) is 33.9 Å². The molecule has 0 aliphatic carbocycles. The third-order valence-corrected chi connectivity index (χ3v) is 5.32. The first-order valence-electron chi connectivity index (χ1n) is 8.61. The first kappa shape index (κ1) is 18.7. The van der Waals surface area contributed by atoms with Crippen LogP contribution in [0.3, 0.4) is 0 Å². The van der Waals surface area contributed by atoms with Crippen molar-refractivity contribution in [3.05, 3.63) is 57.6 Å². The van der Waals surface area contributed by atoms with E-state index in [1.54, 1.807) is 14.2 Å². The van der Waals surface area contributed by atoms with E-state index in [1.807, 2.05) is 24.3 Å². The van der Waals surface area contributed by atoms with Crippen molar-refractivity contribution < 1.29 is 14.3 Å². The predicted molar refractivity (Wildman–Crippen MR) is 105 cm³/mol. The summed E-state index contributed by atoms with van der Waals surface area (Å²) in [7, 11) is 3.31. The summed E-state index contributed by atoms with van der Waals surface area (Å²) < 4.78 is 11.6. The number of hydrogen-bond acceptors (Lipinski definition) is 4. The molecule has 6 heteroatoms. The van der Waals surface area contributed by atoms with E-state index in [4.69, 9.17) is 9.47 Å². The minimum atomic E-state index is -0.0544. The summed E-state index contributed by atoms with van der Waals surface area (Å²) in [5.41, 5.74) is 3.22. The van der Waals surface area contributed by atoms with Gasteiger partial charge in [0, 0.05) is 30.7 Å². The van der Waals surface area contributed by atoms with Gasteiger partial charge in [0.2, 0.25) is 0 Å². The first-order valence-corrected chi connectivity index (χ1v) is 9.40. The van der Waals surface area contributed by atoms with E-state index in [1.165, 1.54) is 11.1 Å². The number of amides is 1. The molecular formula is C20H23BrN2O3. The molecule has 0 spiro atoms. The van der Waals surface area contributed by atoms with E-state index in [-0.39, 0.29) is 5.91 Å². The van der Waals surface area contributed by atoms with Crippen molar-refractivity contribution >= 4 is 21.8 Å². The molecule has 138 valence electrons. The summed E-state index contributed by atoms with van der Waals surface area (Å²) in [5.74, 6) is 1.48. The van der Waals surface area contributed by atoms with Crippen LogP contribution in [0.4, 0.5) is 0 Å². The number of nitrogens with one attached hydrogen (secondary N) is 1. The predicted octanol–water partition coefficient (Wildman–Crippen LogP) is 3.25. The van der Waals surface area contributed by atoms with Crippen LogP contribution in [0.5, 0.6) is 11.5 Å². The van der Waals surface area contributed by atoms with E-state index in [2.05, 4.69) is 38.3 Å². The van der Waals surface area contributed by atoms with Crippen LogP contribution in [0.2, 0.25) is 0 Å². The van der Waals surface area contributed by atoms with Crippen molar-refractivity contribution in [3.63, 3.8) is 0 Å². The van der Waals surface area contributed by atoms with Gasteiger partial charge in [-0.1, -0.05) is 12.1 Å². The molecule has 0 unspecified atom stereocenters. The maximum absolute atomic E-state index is 12.3. The Morgan fingerprint density at radius 3 is 2.54 bits per heavy atom. The number of nitrogens with zero attached hydrogens (tertiary/aromatic N) is 1. The summed E-state index contributed by atoms with van der Waals surface area (Å²) in [6.45, 7) is 3.24. The first-order chi connectivity index (χ1) is 12.6. The van der Waals surface area contributed by atoms with Gasteiger partial charge in [0.25, 0.3) is 5.91 Å². The molecule has 0 saturated carbocycles. The van der Waals surface area contributed by atoms with E-state index < -0.39 is 0 Å². The molecule has 0 aromatic heterocycles. The fourth-order valence-electron chi connectivity index (χ4n) is 3.20. The average molecular weight is 419 g/mol. The fourth-order valence-corrected chi connectivity index (χ4v) is 3.67. The van der Waals surface area contributed by atoms with E-state index >= 15 is 0 Å². The highest BCUT2D eigenvalue weighted by Gasteiger charge is 2.19. The van der Waals surface area contributed by atoms with Crippen LogP contribution in [0, 0.1) is 0 Å². The number of halogens is 1. The van der Waals surface area contributed by atoms with Crippen LogP contribution in [0.15, 0.2) is 40.9 Å². The lowest BCUT2D eigenvalue weighted by atomic mass is 9.99. The molecule has 0 radical (unpaired) electrons. The normalized spacial score (nSPS) is 13.8. The van der Waals surface area contributed by atoms with Crippen molar-refractivity contribution in [2.45, 2.75) is 13.0 Å². The maximum atomic E-state index is 12.3. The Bertz CT molecular complexity index is 795. The molecule has 2 aromatic rings. The lowest BCUT2D eigenvalue weighted by Crippen LogP contribution is -2.37. The molecule has 2 aromatic carbocycles. The van der Waals surface area contributed by atoms with Gasteiger partial charge in [-0.2, -0.15) is 0 Å². The number of ether oxygens (including phenoxy) is 2. The molecule has 1 aliphatic rings. The summed E-state index contributed by atoms with van der Waals surface area (Å²) in [5, 5.41) is 3.00. The van der Waals surface area contributed by atoms with Crippen LogP contribution in [0.25, 0.3) is 0 Å². The van der Waals surface area contributed by atoms with Crippen LogP contribution in [-0.4, -0.2) is 44.7 Å². The number of benzene rings is 2. The monoisotopic (exact) mass is 418 g/mol. The summed E-state index contributed by atoms with van der Waals surface area (Å²) in [4.78, 5) is 14.6. The zero-order valence-electron chi connectivity index (χ0n) is 15.0. The number of rotatable bonds is 6. The molecule has 3 rings (SSSR count). The number of methoxy groups -OCH3 is 2. The molecule has 1 N–H and O–H groups in total. The topological polar surface area (TPSA) is 50.8 Å². The third kappa shape index (κ3) is 4.19. The van der Waals surface area contributed by atoms with Gasteiger partial charge in [0.05, 0.1) is 19.8 Å². The van der Waals surface area contributed by atoms with Gasteiger partial charge in [0.15, 0.2) is 11.5 Å². The van der Waals surface area contributed by atoms with Gasteiger partial charge in [-0.05, 0) is 57.7 Å². The van der Waals surface area contributed by atoms with Gasteiger partial charge < -0.3 is 14.8 Å². The van der Waals surface area contributed by atoms with Crippen molar-refractivity contribution in [2.24, 2.45) is 0 Å². The molecule has 1 heterocycles. The fraction of sp³-hybridized carbons (Fsp3) is 0.350. The molecule has 26 heavy (non-hydrogen) atoms. The Balaban J connectivity index is 1.56. The zero-order chi connectivity index (χ0) is 18.5. The Kier molecular flexibility index (Phi) is 6.16. The summed E-state index contributed by atoms with van der Waals surface area (Å²) >= 11 is 3.42. The second kappa shape index (κ2) is 8.56. The van der Waals surface area contributed by atoms with Crippen LogP contribution in [0.1, 0.15) is 21.5 Å². The van der Waals surface area contributed by atoms with E-state index in [0.717, 1.165) is 42.0 Å². The molecule has 0 saturated heterocycles. The zero-order valence-corrected chi connectivity index (χ0v) is 16.6. The SMILES string of the molecule is COc1cc2c(cc1OC)CN(CCNC(=O)c1ccccc1Br)CC2. The molecule has 0 bridgehead atoms. The molecular weight excluding hydrogens is 396 g/mol. The largest absolute Gasteiger partial charge is 0.493 e. The smallest absolute Gasteiger partial charge is 0.252 e. The Hall–Kier alpha value is -2.05.